The third-order valence-electron chi connectivity index (χ3n) is 7.32. The summed E-state index contributed by atoms with van der Waals surface area (Å²) >= 11 is 0. The molecule has 2 aliphatic rings. The topological polar surface area (TPSA) is 36.9 Å². The summed E-state index contributed by atoms with van der Waals surface area (Å²) in [6.45, 7) is 11.1. The zero-order valence-electron chi connectivity index (χ0n) is 20.5. The highest BCUT2D eigenvalue weighted by molar-refractivity contribution is 6.60. The molecule has 0 spiro atoms. The molecule has 0 heterocycles. The molecule has 0 saturated heterocycles. The van der Waals surface area contributed by atoms with Crippen molar-refractivity contribution in [2.45, 2.75) is 117 Å². The van der Waals surface area contributed by atoms with E-state index < -0.39 is 8.80 Å². The van der Waals surface area contributed by atoms with Gasteiger partial charge in [-0.1, -0.05) is 39.0 Å². The number of unbranched alkanes of at least 4 members (excludes halogenated alkanes) is 1. The van der Waals surface area contributed by atoms with Gasteiger partial charge < -0.3 is 18.0 Å². The Morgan fingerprint density at radius 1 is 0.667 bits per heavy atom. The van der Waals surface area contributed by atoms with Gasteiger partial charge in [0.2, 0.25) is 0 Å². The largest absolute Gasteiger partial charge is 0.501 e. The van der Waals surface area contributed by atoms with Gasteiger partial charge in [-0.05, 0) is 83.5 Å². The molecule has 0 unspecified atom stereocenters. The van der Waals surface area contributed by atoms with Gasteiger partial charge in [0, 0.05) is 32.5 Å². The van der Waals surface area contributed by atoms with Crippen molar-refractivity contribution in [1.82, 2.24) is 0 Å². The van der Waals surface area contributed by atoms with Crippen molar-refractivity contribution >= 4 is 8.80 Å². The Bertz CT molecular complexity index is 400. The molecule has 0 radical (unpaired) electrons. The van der Waals surface area contributed by atoms with Crippen LogP contribution in [0.3, 0.4) is 0 Å². The molecule has 0 N–H and O–H groups in total. The van der Waals surface area contributed by atoms with E-state index in [9.17, 15) is 0 Å². The Hall–Kier alpha value is 0.0569. The second-order valence-corrected chi connectivity index (χ2v) is 12.1. The molecule has 4 nitrogen and oxygen atoms in total. The number of hydrogen-bond donors (Lipinski definition) is 0. The van der Waals surface area contributed by atoms with Gasteiger partial charge in [-0.15, -0.1) is 0 Å². The molecule has 0 aromatic heterocycles. The van der Waals surface area contributed by atoms with E-state index in [0.717, 1.165) is 36.8 Å². The second kappa shape index (κ2) is 15.0. The molecule has 178 valence electrons. The Balaban J connectivity index is 1.62. The summed E-state index contributed by atoms with van der Waals surface area (Å²) in [6.07, 6.45) is 16.9. The molecule has 2 aliphatic carbocycles. The minimum atomic E-state index is -2.51. The maximum Gasteiger partial charge on any atom is 0.501 e. The van der Waals surface area contributed by atoms with E-state index in [1.165, 1.54) is 70.6 Å². The van der Waals surface area contributed by atoms with Crippen molar-refractivity contribution in [3.63, 3.8) is 0 Å². The minimum absolute atomic E-state index is 0.462. The summed E-state index contributed by atoms with van der Waals surface area (Å²) in [5.41, 5.74) is 0. The molecule has 0 aromatic rings. The van der Waals surface area contributed by atoms with E-state index in [-0.39, 0.29) is 0 Å². The van der Waals surface area contributed by atoms with E-state index in [4.69, 9.17) is 18.0 Å². The average molecular weight is 443 g/mol. The van der Waals surface area contributed by atoms with Crippen LogP contribution in [0.15, 0.2) is 0 Å². The SMILES string of the molecule is CCCC[C@H]1CC[C@H]([C@H]2CC[C@H](OCCC[Si](OCC)(OCC)OCC)CC2)CC1. The van der Waals surface area contributed by atoms with Crippen LogP contribution >= 0.6 is 0 Å². The van der Waals surface area contributed by atoms with Crippen LogP contribution in [0.4, 0.5) is 0 Å². The molecular weight excluding hydrogens is 392 g/mol. The van der Waals surface area contributed by atoms with Crippen LogP contribution in [0.25, 0.3) is 0 Å². The third-order valence-corrected chi connectivity index (χ3v) is 10.5. The Morgan fingerprint density at radius 3 is 1.70 bits per heavy atom. The van der Waals surface area contributed by atoms with Gasteiger partial charge >= 0.3 is 8.80 Å². The summed E-state index contributed by atoms with van der Waals surface area (Å²) in [4.78, 5) is 0. The van der Waals surface area contributed by atoms with Crippen molar-refractivity contribution in [1.29, 1.82) is 0 Å². The molecule has 2 fully saturated rings. The lowest BCUT2D eigenvalue weighted by Crippen LogP contribution is -2.46. The van der Waals surface area contributed by atoms with Crippen molar-refractivity contribution in [3.8, 4) is 0 Å². The molecule has 0 aliphatic heterocycles. The summed E-state index contributed by atoms with van der Waals surface area (Å²) < 4.78 is 24.1. The molecule has 0 amide bonds. The van der Waals surface area contributed by atoms with Gasteiger partial charge in [0.1, 0.15) is 0 Å². The summed E-state index contributed by atoms with van der Waals surface area (Å²) in [7, 11) is -2.51. The number of hydrogen-bond acceptors (Lipinski definition) is 4. The maximum atomic E-state index is 6.27. The first-order chi connectivity index (χ1) is 14.7. The van der Waals surface area contributed by atoms with Crippen LogP contribution < -0.4 is 0 Å². The first kappa shape index (κ1) is 26.3. The molecule has 0 atom stereocenters. The van der Waals surface area contributed by atoms with Crippen LogP contribution in [0.2, 0.25) is 6.04 Å². The zero-order chi connectivity index (χ0) is 21.7. The van der Waals surface area contributed by atoms with E-state index in [1.54, 1.807) is 0 Å². The lowest BCUT2D eigenvalue weighted by atomic mass is 9.70. The van der Waals surface area contributed by atoms with E-state index in [0.29, 0.717) is 25.9 Å². The zero-order valence-corrected chi connectivity index (χ0v) is 21.5. The van der Waals surface area contributed by atoms with Crippen LogP contribution in [-0.4, -0.2) is 41.3 Å². The van der Waals surface area contributed by atoms with Crippen molar-refractivity contribution in [2.75, 3.05) is 26.4 Å². The fourth-order valence-electron chi connectivity index (χ4n) is 5.71. The first-order valence-electron chi connectivity index (χ1n) is 13.2. The molecule has 2 rings (SSSR count). The highest BCUT2D eigenvalue weighted by Crippen LogP contribution is 2.41. The Morgan fingerprint density at radius 2 is 1.20 bits per heavy atom. The van der Waals surface area contributed by atoms with E-state index in [1.807, 2.05) is 20.8 Å². The number of rotatable bonds is 15. The van der Waals surface area contributed by atoms with Crippen LogP contribution in [0.1, 0.15) is 105 Å². The molecule has 2 saturated carbocycles. The van der Waals surface area contributed by atoms with Crippen molar-refractivity contribution in [2.24, 2.45) is 17.8 Å². The standard InChI is InChI=1S/C25H50O4Si/c1-5-9-11-22-12-14-23(15-13-22)24-16-18-25(19-17-24)26-20-10-21-30(27-6-2,28-7-3)29-8-4/h22-25H,5-21H2,1-4H3/t22-,23-,24-,25-. The molecule has 30 heavy (non-hydrogen) atoms. The molecular formula is C25H50O4Si. The van der Waals surface area contributed by atoms with Gasteiger partial charge in [-0.25, -0.2) is 0 Å². The highest BCUT2D eigenvalue weighted by Gasteiger charge is 2.39. The van der Waals surface area contributed by atoms with Gasteiger partial charge in [-0.2, -0.15) is 0 Å². The lowest BCUT2D eigenvalue weighted by molar-refractivity contribution is 0.00425. The Kier molecular flexibility index (Phi) is 13.2. The van der Waals surface area contributed by atoms with E-state index >= 15 is 0 Å². The summed E-state index contributed by atoms with van der Waals surface area (Å²) in [6, 6.07) is 0.860. The molecule has 0 aromatic carbocycles. The first-order valence-corrected chi connectivity index (χ1v) is 15.1. The fourth-order valence-corrected chi connectivity index (χ4v) is 8.29. The Labute approximate surface area is 188 Å². The highest BCUT2D eigenvalue weighted by atomic mass is 28.4. The minimum Gasteiger partial charge on any atom is -0.378 e. The van der Waals surface area contributed by atoms with Crippen molar-refractivity contribution in [3.05, 3.63) is 0 Å². The van der Waals surface area contributed by atoms with Gasteiger partial charge in [-0.3, -0.25) is 0 Å². The normalized spacial score (nSPS) is 28.0. The monoisotopic (exact) mass is 442 g/mol. The van der Waals surface area contributed by atoms with E-state index in [2.05, 4.69) is 6.92 Å². The molecule has 5 heteroatoms. The van der Waals surface area contributed by atoms with Crippen LogP contribution in [-0.2, 0) is 18.0 Å². The third kappa shape index (κ3) is 8.89. The van der Waals surface area contributed by atoms with Crippen molar-refractivity contribution < 1.29 is 18.0 Å². The average Bonchev–Trinajstić information content (AvgIpc) is 2.77. The maximum absolute atomic E-state index is 6.27. The quantitative estimate of drug-likeness (QED) is 0.202. The predicted octanol–water partition coefficient (Wildman–Crippen LogP) is 7.00. The van der Waals surface area contributed by atoms with Gasteiger partial charge in [0.05, 0.1) is 6.10 Å². The van der Waals surface area contributed by atoms with Crippen LogP contribution in [0.5, 0.6) is 0 Å². The molecule has 0 bridgehead atoms. The second-order valence-electron chi connectivity index (χ2n) is 9.42. The predicted molar refractivity (Wildman–Crippen MR) is 127 cm³/mol. The van der Waals surface area contributed by atoms with Crippen LogP contribution in [0, 0.1) is 17.8 Å². The summed E-state index contributed by atoms with van der Waals surface area (Å²) in [5, 5.41) is 0. The number of ether oxygens (including phenoxy) is 1. The lowest BCUT2D eigenvalue weighted by Gasteiger charge is -2.38. The van der Waals surface area contributed by atoms with Gasteiger partial charge in [0.15, 0.2) is 0 Å². The summed E-state index contributed by atoms with van der Waals surface area (Å²) in [5.74, 6) is 2.99. The van der Waals surface area contributed by atoms with Gasteiger partial charge in [0.25, 0.3) is 0 Å². The fraction of sp³-hybridized carbons (Fsp3) is 1.00. The smallest absolute Gasteiger partial charge is 0.378 e.